The summed E-state index contributed by atoms with van der Waals surface area (Å²) >= 11 is 4.70. The van der Waals surface area contributed by atoms with Gasteiger partial charge in [-0.15, -0.1) is 10.2 Å². The van der Waals surface area contributed by atoms with Gasteiger partial charge in [-0.05, 0) is 18.2 Å². The minimum Gasteiger partial charge on any atom is -0.482 e. The molecule has 1 aromatic carbocycles. The lowest BCUT2D eigenvalue weighted by Gasteiger charge is -2.28. The molecule has 0 bridgehead atoms. The van der Waals surface area contributed by atoms with Gasteiger partial charge in [0.05, 0.1) is 12.2 Å². The molecule has 7 nitrogen and oxygen atoms in total. The Hall–Kier alpha value is -1.71. The van der Waals surface area contributed by atoms with E-state index < -0.39 is 0 Å². The fourth-order valence-corrected chi connectivity index (χ4v) is 2.85. The van der Waals surface area contributed by atoms with Crippen LogP contribution in [0.5, 0.6) is 5.75 Å². The van der Waals surface area contributed by atoms with Crippen molar-refractivity contribution in [3.05, 3.63) is 27.7 Å². The van der Waals surface area contributed by atoms with Gasteiger partial charge in [0, 0.05) is 4.47 Å². The molecule has 2 aromatic rings. The number of carbonyl (C=O) groups is 1. The minimum absolute atomic E-state index is 0.0232. The average Bonchev–Trinajstić information content (AvgIpc) is 2.90. The summed E-state index contributed by atoms with van der Waals surface area (Å²) in [5.41, 5.74) is 3.15. The molecule has 0 saturated carbocycles. The lowest BCUT2D eigenvalue weighted by atomic mass is 10.2. The molecule has 1 aliphatic rings. The number of nitrogens with one attached hydrogen (secondary N) is 1. The molecule has 3 rings (SSSR count). The highest BCUT2D eigenvalue weighted by Crippen LogP contribution is 2.35. The van der Waals surface area contributed by atoms with Gasteiger partial charge in [-0.25, -0.2) is 5.84 Å². The van der Waals surface area contributed by atoms with E-state index in [0.29, 0.717) is 28.1 Å². The zero-order valence-electron chi connectivity index (χ0n) is 10.2. The first-order valence-corrected chi connectivity index (χ1v) is 7.30. The minimum atomic E-state index is -0.118. The summed E-state index contributed by atoms with van der Waals surface area (Å²) in [6.07, 6.45) is 0. The first kappa shape index (κ1) is 13.3. The molecule has 1 amide bonds. The molecule has 9 heteroatoms. The Morgan fingerprint density at radius 1 is 1.50 bits per heavy atom. The molecule has 3 N–H and O–H groups in total. The second-order valence-electron chi connectivity index (χ2n) is 4.03. The van der Waals surface area contributed by atoms with Gasteiger partial charge in [0.1, 0.15) is 10.8 Å². The van der Waals surface area contributed by atoms with Crippen molar-refractivity contribution in [2.24, 2.45) is 5.84 Å². The van der Waals surface area contributed by atoms with Crippen LogP contribution in [0.1, 0.15) is 5.01 Å². The van der Waals surface area contributed by atoms with E-state index in [1.807, 2.05) is 18.2 Å². The van der Waals surface area contributed by atoms with Crippen LogP contribution >= 0.6 is 27.3 Å². The van der Waals surface area contributed by atoms with Gasteiger partial charge in [-0.1, -0.05) is 27.3 Å². The maximum absolute atomic E-state index is 12.1. The quantitative estimate of drug-likeness (QED) is 0.640. The number of nitrogens with two attached hydrogens (primary N) is 1. The van der Waals surface area contributed by atoms with E-state index in [9.17, 15) is 4.79 Å². The molecule has 104 valence electrons. The van der Waals surface area contributed by atoms with E-state index >= 15 is 0 Å². The van der Waals surface area contributed by atoms with Gasteiger partial charge in [0.15, 0.2) is 6.61 Å². The fourth-order valence-electron chi connectivity index (χ4n) is 1.86. The van der Waals surface area contributed by atoms with Gasteiger partial charge < -0.3 is 4.74 Å². The Bertz CT molecular complexity index is 662. The second kappa shape index (κ2) is 5.35. The first-order chi connectivity index (χ1) is 9.67. The molecule has 2 heterocycles. The van der Waals surface area contributed by atoms with Crippen LogP contribution in [0, 0.1) is 0 Å². The van der Waals surface area contributed by atoms with Crippen molar-refractivity contribution >= 4 is 44.0 Å². The number of anilines is 2. The number of fused-ring (bicyclic) bond motifs is 1. The summed E-state index contributed by atoms with van der Waals surface area (Å²) in [5, 5.41) is 9.05. The molecule has 0 atom stereocenters. The van der Waals surface area contributed by atoms with Crippen molar-refractivity contribution in [2.75, 3.05) is 16.9 Å². The third-order valence-electron chi connectivity index (χ3n) is 2.75. The zero-order valence-corrected chi connectivity index (χ0v) is 12.6. The molecule has 0 saturated heterocycles. The van der Waals surface area contributed by atoms with E-state index in [-0.39, 0.29) is 12.5 Å². The zero-order chi connectivity index (χ0) is 14.1. The van der Waals surface area contributed by atoms with Crippen LogP contribution in [0.3, 0.4) is 0 Å². The Labute approximate surface area is 126 Å². The fraction of sp³-hybridized carbons (Fsp3) is 0.182. The molecule has 0 unspecified atom stereocenters. The summed E-state index contributed by atoms with van der Waals surface area (Å²) < 4.78 is 6.28. The topological polar surface area (TPSA) is 93.4 Å². The first-order valence-electron chi connectivity index (χ1n) is 5.69. The maximum atomic E-state index is 12.1. The number of halogens is 1. The number of nitrogen functional groups attached to an aromatic ring is 1. The highest BCUT2D eigenvalue weighted by Gasteiger charge is 2.26. The molecule has 1 aliphatic heterocycles. The van der Waals surface area contributed by atoms with Crippen LogP contribution in [0.15, 0.2) is 22.7 Å². The monoisotopic (exact) mass is 355 g/mol. The molecular formula is C11H10BrN5O2S. The largest absolute Gasteiger partial charge is 0.482 e. The summed E-state index contributed by atoms with van der Waals surface area (Å²) in [5.74, 6) is 5.83. The van der Waals surface area contributed by atoms with Crippen LogP contribution in [0.2, 0.25) is 0 Å². The number of amides is 1. The standard InChI is InChI=1S/C11H10BrN5O2S/c12-6-1-2-8-7(3-6)17(10(18)5-19-8)4-9-15-16-11(14-13)20-9/h1-3H,4-5,13H2,(H,14,16). The van der Waals surface area contributed by atoms with Crippen molar-refractivity contribution in [1.29, 1.82) is 0 Å². The van der Waals surface area contributed by atoms with Gasteiger partial charge in [0.25, 0.3) is 5.91 Å². The molecule has 0 radical (unpaired) electrons. The van der Waals surface area contributed by atoms with Crippen LogP contribution < -0.4 is 20.9 Å². The second-order valence-corrected chi connectivity index (χ2v) is 6.00. The highest BCUT2D eigenvalue weighted by molar-refractivity contribution is 9.10. The maximum Gasteiger partial charge on any atom is 0.265 e. The number of hydrogen-bond acceptors (Lipinski definition) is 7. The number of nitrogens with zero attached hydrogens (tertiary/aromatic N) is 3. The summed E-state index contributed by atoms with van der Waals surface area (Å²) in [4.78, 5) is 13.7. The number of hydrogen-bond donors (Lipinski definition) is 2. The predicted octanol–water partition coefficient (Wildman–Crippen LogP) is 1.51. The summed E-state index contributed by atoms with van der Waals surface area (Å²) in [7, 11) is 0. The van der Waals surface area contributed by atoms with Gasteiger partial charge in [-0.2, -0.15) is 0 Å². The summed E-state index contributed by atoms with van der Waals surface area (Å²) in [6.45, 7) is 0.362. The Kier molecular flexibility index (Phi) is 3.55. The molecular weight excluding hydrogens is 346 g/mol. The predicted molar refractivity (Wildman–Crippen MR) is 78.5 cm³/mol. The number of ether oxygens (including phenoxy) is 1. The number of hydrazine groups is 1. The van der Waals surface area contributed by atoms with Crippen molar-refractivity contribution in [3.63, 3.8) is 0 Å². The highest BCUT2D eigenvalue weighted by atomic mass is 79.9. The lowest BCUT2D eigenvalue weighted by molar-refractivity contribution is -0.121. The number of benzene rings is 1. The normalized spacial score (nSPS) is 13.9. The smallest absolute Gasteiger partial charge is 0.265 e. The average molecular weight is 356 g/mol. The van der Waals surface area contributed by atoms with Crippen LogP contribution in [0.4, 0.5) is 10.8 Å². The number of rotatable bonds is 3. The molecule has 0 aliphatic carbocycles. The van der Waals surface area contributed by atoms with Gasteiger partial charge >= 0.3 is 0 Å². The van der Waals surface area contributed by atoms with Gasteiger partial charge in [0.2, 0.25) is 5.13 Å². The molecule has 0 fully saturated rings. The van der Waals surface area contributed by atoms with E-state index in [1.54, 1.807) is 4.90 Å². The van der Waals surface area contributed by atoms with E-state index in [2.05, 4.69) is 31.6 Å². The number of carbonyl (C=O) groups excluding carboxylic acids is 1. The third-order valence-corrected chi connectivity index (χ3v) is 4.08. The Balaban J connectivity index is 1.92. The van der Waals surface area contributed by atoms with Crippen molar-refractivity contribution in [1.82, 2.24) is 10.2 Å². The van der Waals surface area contributed by atoms with Crippen molar-refractivity contribution in [3.8, 4) is 5.75 Å². The van der Waals surface area contributed by atoms with E-state index in [0.717, 1.165) is 4.47 Å². The van der Waals surface area contributed by atoms with Crippen LogP contribution in [-0.4, -0.2) is 22.7 Å². The Morgan fingerprint density at radius 2 is 2.35 bits per heavy atom. The van der Waals surface area contributed by atoms with E-state index in [4.69, 9.17) is 10.6 Å². The van der Waals surface area contributed by atoms with E-state index in [1.165, 1.54) is 11.3 Å². The lowest BCUT2D eigenvalue weighted by Crippen LogP contribution is -2.38. The molecule has 1 aromatic heterocycles. The van der Waals surface area contributed by atoms with Crippen LogP contribution in [0.25, 0.3) is 0 Å². The summed E-state index contributed by atoms with van der Waals surface area (Å²) in [6, 6.07) is 5.54. The van der Waals surface area contributed by atoms with Gasteiger partial charge in [-0.3, -0.25) is 15.1 Å². The SMILES string of the molecule is NNc1nnc(CN2C(=O)COc3ccc(Br)cc32)s1. The van der Waals surface area contributed by atoms with Crippen molar-refractivity contribution < 1.29 is 9.53 Å². The number of aromatic nitrogens is 2. The Morgan fingerprint density at radius 3 is 3.10 bits per heavy atom. The third kappa shape index (κ3) is 2.47. The van der Waals surface area contributed by atoms with Crippen molar-refractivity contribution in [2.45, 2.75) is 6.54 Å². The van der Waals surface area contributed by atoms with Crippen LogP contribution in [-0.2, 0) is 11.3 Å². The molecule has 0 spiro atoms. The molecule has 20 heavy (non-hydrogen) atoms.